The lowest BCUT2D eigenvalue weighted by molar-refractivity contribution is 0.0936. The molecular formula is C15H18IN3O3S. The zero-order valence-corrected chi connectivity index (χ0v) is 16.2. The lowest BCUT2D eigenvalue weighted by Crippen LogP contribution is -2.47. The van der Waals surface area contributed by atoms with Crippen molar-refractivity contribution in [2.75, 3.05) is 11.5 Å². The normalized spacial score (nSPS) is 19.0. The second-order valence-corrected chi connectivity index (χ2v) is 9.95. The Hall–Kier alpha value is -1.03. The van der Waals surface area contributed by atoms with E-state index in [1.807, 2.05) is 31.5 Å². The van der Waals surface area contributed by atoms with E-state index in [-0.39, 0.29) is 29.8 Å². The Labute approximate surface area is 148 Å². The maximum absolute atomic E-state index is 12.5. The van der Waals surface area contributed by atoms with Crippen LogP contribution in [0.15, 0.2) is 12.3 Å². The summed E-state index contributed by atoms with van der Waals surface area (Å²) < 4.78 is 25.4. The van der Waals surface area contributed by atoms with Crippen LogP contribution in [0.3, 0.4) is 0 Å². The van der Waals surface area contributed by atoms with E-state index in [9.17, 15) is 13.2 Å². The molecule has 0 aliphatic carbocycles. The highest BCUT2D eigenvalue weighted by Crippen LogP contribution is 2.37. The standard InChI is InChI=1S/C15H18IN3O3S/c1-9(2)19-11-4-10(6-17-13(11)14(16)18-19)12(20)5-15(3)7-23(21,22)8-15/h4,6,9H,5,7-8H2,1-3H3. The van der Waals surface area contributed by atoms with Gasteiger partial charge in [-0.3, -0.25) is 14.5 Å². The number of carbonyl (C=O) groups is 1. The molecule has 0 amide bonds. The molecule has 0 bridgehead atoms. The Balaban J connectivity index is 1.91. The van der Waals surface area contributed by atoms with Crippen molar-refractivity contribution in [3.05, 3.63) is 21.5 Å². The van der Waals surface area contributed by atoms with Crippen molar-refractivity contribution in [2.45, 2.75) is 33.2 Å². The van der Waals surface area contributed by atoms with Gasteiger partial charge in [0.2, 0.25) is 0 Å². The summed E-state index contributed by atoms with van der Waals surface area (Å²) in [5, 5.41) is 4.46. The first-order chi connectivity index (χ1) is 10.6. The van der Waals surface area contributed by atoms with Crippen molar-refractivity contribution in [1.29, 1.82) is 0 Å². The first-order valence-electron chi connectivity index (χ1n) is 7.38. The quantitative estimate of drug-likeness (QED) is 0.532. The molecule has 1 aliphatic heterocycles. The highest BCUT2D eigenvalue weighted by molar-refractivity contribution is 14.1. The molecule has 0 atom stereocenters. The zero-order chi connectivity index (χ0) is 17.0. The number of carbonyl (C=O) groups excluding carboxylic acids is 1. The number of nitrogens with zero attached hydrogens (tertiary/aromatic N) is 3. The number of Topliss-reactive ketones (excluding diaryl/α,β-unsaturated/α-hetero) is 1. The van der Waals surface area contributed by atoms with E-state index in [4.69, 9.17) is 0 Å². The predicted molar refractivity (Wildman–Crippen MR) is 96.3 cm³/mol. The van der Waals surface area contributed by atoms with Crippen LogP contribution < -0.4 is 0 Å². The van der Waals surface area contributed by atoms with E-state index in [1.165, 1.54) is 0 Å². The van der Waals surface area contributed by atoms with Crippen LogP contribution in [-0.4, -0.2) is 40.5 Å². The first kappa shape index (κ1) is 16.8. The summed E-state index contributed by atoms with van der Waals surface area (Å²) in [6.07, 6.45) is 1.79. The molecule has 0 unspecified atom stereocenters. The minimum absolute atomic E-state index is 0.0664. The molecule has 2 aromatic heterocycles. The van der Waals surface area contributed by atoms with E-state index in [0.717, 1.165) is 14.7 Å². The molecule has 0 radical (unpaired) electrons. The minimum Gasteiger partial charge on any atom is -0.294 e. The Kier molecular flexibility index (Phi) is 4.03. The van der Waals surface area contributed by atoms with Gasteiger partial charge in [0, 0.05) is 29.6 Å². The number of aromatic nitrogens is 3. The molecule has 2 aromatic rings. The summed E-state index contributed by atoms with van der Waals surface area (Å²) in [5.41, 5.74) is 1.69. The summed E-state index contributed by atoms with van der Waals surface area (Å²) in [6, 6.07) is 1.98. The smallest absolute Gasteiger partial charge is 0.165 e. The molecule has 3 heterocycles. The van der Waals surface area contributed by atoms with Crippen LogP contribution in [0.4, 0.5) is 0 Å². The van der Waals surface area contributed by atoms with E-state index >= 15 is 0 Å². The molecule has 3 rings (SSSR count). The number of fused-ring (bicyclic) bond motifs is 1. The number of halogens is 1. The summed E-state index contributed by atoms with van der Waals surface area (Å²) in [6.45, 7) is 5.90. The van der Waals surface area contributed by atoms with Gasteiger partial charge in [-0.2, -0.15) is 5.10 Å². The molecule has 0 spiro atoms. The molecule has 1 aliphatic rings. The Morgan fingerprint density at radius 2 is 2.09 bits per heavy atom. The molecule has 23 heavy (non-hydrogen) atoms. The van der Waals surface area contributed by atoms with Crippen LogP contribution >= 0.6 is 22.6 Å². The molecule has 0 saturated carbocycles. The van der Waals surface area contributed by atoms with Gasteiger partial charge in [0.15, 0.2) is 15.6 Å². The van der Waals surface area contributed by atoms with Crippen LogP contribution in [0.2, 0.25) is 0 Å². The monoisotopic (exact) mass is 447 g/mol. The maximum Gasteiger partial charge on any atom is 0.165 e. The van der Waals surface area contributed by atoms with Crippen molar-refractivity contribution in [2.24, 2.45) is 5.41 Å². The number of hydrogen-bond donors (Lipinski definition) is 0. The van der Waals surface area contributed by atoms with Crippen LogP contribution in [0.5, 0.6) is 0 Å². The fourth-order valence-corrected chi connectivity index (χ4v) is 6.03. The van der Waals surface area contributed by atoms with Crippen LogP contribution in [0.1, 0.15) is 43.6 Å². The van der Waals surface area contributed by atoms with Gasteiger partial charge in [0.05, 0.1) is 17.0 Å². The molecule has 124 valence electrons. The van der Waals surface area contributed by atoms with Gasteiger partial charge in [-0.1, -0.05) is 6.92 Å². The maximum atomic E-state index is 12.5. The fourth-order valence-electron chi connectivity index (χ4n) is 3.14. The SMILES string of the molecule is CC(C)n1nc(I)c2ncc(C(=O)CC3(C)CS(=O)(=O)C3)cc21. The second kappa shape index (κ2) is 5.51. The number of rotatable bonds is 4. The lowest BCUT2D eigenvalue weighted by Gasteiger charge is -2.37. The molecule has 1 saturated heterocycles. The molecule has 1 fully saturated rings. The number of ketones is 1. The Morgan fingerprint density at radius 1 is 1.43 bits per heavy atom. The van der Waals surface area contributed by atoms with E-state index in [1.54, 1.807) is 6.20 Å². The van der Waals surface area contributed by atoms with Crippen LogP contribution in [0.25, 0.3) is 11.0 Å². The fraction of sp³-hybridized carbons (Fsp3) is 0.533. The predicted octanol–water partition coefficient (Wildman–Crippen LogP) is 2.62. The molecule has 8 heteroatoms. The van der Waals surface area contributed by atoms with Crippen molar-refractivity contribution in [1.82, 2.24) is 14.8 Å². The average molecular weight is 447 g/mol. The average Bonchev–Trinajstić information content (AvgIpc) is 2.73. The van der Waals surface area contributed by atoms with Crippen LogP contribution in [0, 0.1) is 9.12 Å². The summed E-state index contributed by atoms with van der Waals surface area (Å²) in [5.74, 6) is 0.107. The van der Waals surface area contributed by atoms with Gasteiger partial charge in [0.25, 0.3) is 0 Å². The zero-order valence-electron chi connectivity index (χ0n) is 13.2. The molecule has 0 N–H and O–H groups in total. The van der Waals surface area contributed by atoms with Gasteiger partial charge in [-0.15, -0.1) is 0 Å². The molecule has 0 aromatic carbocycles. The van der Waals surface area contributed by atoms with Crippen molar-refractivity contribution < 1.29 is 13.2 Å². The van der Waals surface area contributed by atoms with E-state index in [0.29, 0.717) is 5.56 Å². The highest BCUT2D eigenvalue weighted by Gasteiger charge is 2.45. The summed E-state index contributed by atoms with van der Waals surface area (Å²) in [4.78, 5) is 16.9. The minimum atomic E-state index is -2.95. The largest absolute Gasteiger partial charge is 0.294 e. The third-order valence-corrected chi connectivity index (χ3v) is 7.04. The lowest BCUT2D eigenvalue weighted by atomic mass is 9.86. The third-order valence-electron chi connectivity index (χ3n) is 4.04. The van der Waals surface area contributed by atoms with Crippen molar-refractivity contribution in [3.8, 4) is 0 Å². The van der Waals surface area contributed by atoms with E-state index in [2.05, 4.69) is 32.7 Å². The first-order valence-corrected chi connectivity index (χ1v) is 10.3. The topological polar surface area (TPSA) is 81.9 Å². The van der Waals surface area contributed by atoms with Crippen molar-refractivity contribution >= 4 is 49.2 Å². The van der Waals surface area contributed by atoms with Gasteiger partial charge in [-0.25, -0.2) is 8.42 Å². The number of hydrogen-bond acceptors (Lipinski definition) is 5. The van der Waals surface area contributed by atoms with Gasteiger partial charge >= 0.3 is 0 Å². The van der Waals surface area contributed by atoms with Crippen molar-refractivity contribution in [3.63, 3.8) is 0 Å². The summed E-state index contributed by atoms with van der Waals surface area (Å²) in [7, 11) is -2.95. The van der Waals surface area contributed by atoms with Gasteiger partial charge < -0.3 is 0 Å². The number of sulfone groups is 1. The number of pyridine rings is 1. The molecular weight excluding hydrogens is 429 g/mol. The Bertz CT molecular complexity index is 890. The van der Waals surface area contributed by atoms with Crippen LogP contribution in [-0.2, 0) is 9.84 Å². The highest BCUT2D eigenvalue weighted by atomic mass is 127. The summed E-state index contributed by atoms with van der Waals surface area (Å²) >= 11 is 2.14. The Morgan fingerprint density at radius 3 is 2.65 bits per heavy atom. The van der Waals surface area contributed by atoms with Gasteiger partial charge in [-0.05, 0) is 42.5 Å². The van der Waals surface area contributed by atoms with E-state index < -0.39 is 15.3 Å². The van der Waals surface area contributed by atoms with Gasteiger partial charge in [0.1, 0.15) is 9.22 Å². The third kappa shape index (κ3) is 3.15. The second-order valence-electron chi connectivity index (χ2n) is 6.86. The molecule has 6 nitrogen and oxygen atoms in total.